The van der Waals surface area contributed by atoms with E-state index in [0.29, 0.717) is 35.5 Å². The molecule has 6 nitrogen and oxygen atoms in total. The molecule has 0 atom stereocenters. The van der Waals surface area contributed by atoms with Gasteiger partial charge >= 0.3 is 0 Å². The molecule has 0 aromatic heterocycles. The van der Waals surface area contributed by atoms with Gasteiger partial charge in [0.2, 0.25) is 0 Å². The molecular formula is C34H58N2O4. The summed E-state index contributed by atoms with van der Waals surface area (Å²) in [7, 11) is 0. The molecule has 0 amide bonds. The fourth-order valence-corrected chi connectivity index (χ4v) is 11.1. The zero-order valence-corrected chi connectivity index (χ0v) is 25.2. The average molecular weight is 559 g/mol. The van der Waals surface area contributed by atoms with E-state index in [1.165, 1.54) is 103 Å². The molecule has 10 saturated carbocycles. The highest BCUT2D eigenvalue weighted by Gasteiger charge is 2.52. The summed E-state index contributed by atoms with van der Waals surface area (Å²) in [6, 6.07) is 1.57. The van der Waals surface area contributed by atoms with Crippen LogP contribution in [0.5, 0.6) is 0 Å². The van der Waals surface area contributed by atoms with Crippen LogP contribution in [0.2, 0.25) is 0 Å². The Morgan fingerprint density at radius 3 is 0.825 bits per heavy atom. The second-order valence-electron chi connectivity index (χ2n) is 16.0. The maximum absolute atomic E-state index is 11.1. The van der Waals surface area contributed by atoms with Crippen LogP contribution in [0.4, 0.5) is 0 Å². The number of quaternary nitrogens is 2. The van der Waals surface area contributed by atoms with Gasteiger partial charge in [0.25, 0.3) is 0 Å². The lowest BCUT2D eigenvalue weighted by Gasteiger charge is -2.57. The normalized spacial score (nSPS) is 43.0. The molecule has 0 heterocycles. The number of carboxylic acid groups (broad SMARTS) is 2. The van der Waals surface area contributed by atoms with E-state index < -0.39 is 22.8 Å². The molecule has 0 aromatic rings. The Bertz CT molecular complexity index is 719. The fourth-order valence-electron chi connectivity index (χ4n) is 11.1. The SMILES string of the molecule is O=C([O-])C12CC3CC(CC(C3)C1)C2.O=C([O-])C12CC3CC(CC(C3)C1)C2.[NH3+]C1CCCCC1.[NH3+]C1CCCCC1. The third-order valence-electron chi connectivity index (χ3n) is 12.4. The van der Waals surface area contributed by atoms with Crippen LogP contribution in [0.25, 0.3) is 0 Å². The third kappa shape index (κ3) is 7.25. The summed E-state index contributed by atoms with van der Waals surface area (Å²) < 4.78 is 0. The van der Waals surface area contributed by atoms with Crippen LogP contribution in [0, 0.1) is 46.3 Å². The van der Waals surface area contributed by atoms with Gasteiger partial charge in [-0.15, -0.1) is 0 Å². The van der Waals surface area contributed by atoms with Crippen LogP contribution < -0.4 is 21.7 Å². The maximum Gasteiger partial charge on any atom is 0.0843 e. The van der Waals surface area contributed by atoms with E-state index in [9.17, 15) is 19.8 Å². The molecule has 8 bridgehead atoms. The van der Waals surface area contributed by atoms with Gasteiger partial charge in [-0.1, -0.05) is 12.8 Å². The Kier molecular flexibility index (Phi) is 9.87. The van der Waals surface area contributed by atoms with Crippen LogP contribution in [0.1, 0.15) is 141 Å². The minimum atomic E-state index is -0.758. The van der Waals surface area contributed by atoms with Gasteiger partial charge < -0.3 is 31.3 Å². The number of rotatable bonds is 2. The van der Waals surface area contributed by atoms with Crippen molar-refractivity contribution in [3.8, 4) is 0 Å². The molecule has 0 spiro atoms. The van der Waals surface area contributed by atoms with Gasteiger partial charge in [0.15, 0.2) is 0 Å². The van der Waals surface area contributed by atoms with Crippen molar-refractivity contribution in [1.82, 2.24) is 0 Å². The molecule has 0 aliphatic heterocycles. The van der Waals surface area contributed by atoms with Crippen LogP contribution in [-0.4, -0.2) is 24.0 Å². The summed E-state index contributed by atoms with van der Waals surface area (Å²) in [5, 5.41) is 22.3. The van der Waals surface area contributed by atoms with E-state index in [-0.39, 0.29) is 0 Å². The zero-order valence-electron chi connectivity index (χ0n) is 25.2. The molecule has 0 unspecified atom stereocenters. The summed E-state index contributed by atoms with van der Waals surface area (Å²) in [5.74, 6) is 2.76. The Morgan fingerprint density at radius 2 is 0.675 bits per heavy atom. The van der Waals surface area contributed by atoms with Crippen molar-refractivity contribution in [1.29, 1.82) is 0 Å². The number of hydrogen-bond acceptors (Lipinski definition) is 4. The van der Waals surface area contributed by atoms with Gasteiger partial charge in [0, 0.05) is 22.8 Å². The second-order valence-corrected chi connectivity index (χ2v) is 16.0. The number of carbonyl (C=O) groups excluding carboxylic acids is 2. The van der Waals surface area contributed by atoms with Crippen LogP contribution in [0.3, 0.4) is 0 Å². The molecule has 10 aliphatic rings. The number of aliphatic carboxylic acids is 2. The molecule has 6 N–H and O–H groups in total. The van der Waals surface area contributed by atoms with Crippen LogP contribution >= 0.6 is 0 Å². The first-order valence-electron chi connectivity index (χ1n) is 17.2. The van der Waals surface area contributed by atoms with Gasteiger partial charge in [-0.3, -0.25) is 0 Å². The summed E-state index contributed by atoms with van der Waals surface area (Å²) >= 11 is 0. The van der Waals surface area contributed by atoms with E-state index in [0.717, 1.165) is 50.6 Å². The number of carbonyl (C=O) groups is 2. The van der Waals surface area contributed by atoms with Crippen LogP contribution in [-0.2, 0) is 9.59 Å². The van der Waals surface area contributed by atoms with Gasteiger partial charge in [0.1, 0.15) is 0 Å². The quantitative estimate of drug-likeness (QED) is 0.538. The number of carboxylic acids is 2. The Hall–Kier alpha value is -1.14. The minimum absolute atomic E-state index is 0.394. The third-order valence-corrected chi connectivity index (χ3v) is 12.4. The topological polar surface area (TPSA) is 136 Å². The molecule has 10 fully saturated rings. The smallest absolute Gasteiger partial charge is 0.0843 e. The fraction of sp³-hybridized carbons (Fsp3) is 0.941. The molecule has 40 heavy (non-hydrogen) atoms. The van der Waals surface area contributed by atoms with Crippen molar-refractivity contribution in [3.63, 3.8) is 0 Å². The van der Waals surface area contributed by atoms with Gasteiger partial charge in [-0.2, -0.15) is 0 Å². The van der Waals surface area contributed by atoms with Crippen molar-refractivity contribution < 1.29 is 31.3 Å². The second kappa shape index (κ2) is 13.0. The lowest BCUT2D eigenvalue weighted by Crippen LogP contribution is -2.61. The largest absolute Gasteiger partial charge is 0.550 e. The van der Waals surface area contributed by atoms with Crippen LogP contribution in [0.15, 0.2) is 0 Å². The van der Waals surface area contributed by atoms with Crippen molar-refractivity contribution in [3.05, 3.63) is 0 Å². The summed E-state index contributed by atoms with van der Waals surface area (Å²) in [5.41, 5.74) is 7.21. The lowest BCUT2D eigenvalue weighted by molar-refractivity contribution is -0.425. The standard InChI is InChI=1S/2C11H16O2.2C6H13N/c2*12-10(13)11-4-7-1-8(5-11)3-9(2-7)6-11;2*7-6-4-2-1-3-5-6/h2*7-9H,1-6H2,(H,12,13);2*6H,1-5,7H2. The Morgan fingerprint density at radius 1 is 0.450 bits per heavy atom. The maximum atomic E-state index is 11.1. The monoisotopic (exact) mass is 558 g/mol. The molecule has 10 aliphatic carbocycles. The first kappa shape index (κ1) is 30.3. The first-order chi connectivity index (χ1) is 19.1. The lowest BCUT2D eigenvalue weighted by atomic mass is 9.49. The Labute approximate surface area is 242 Å². The van der Waals surface area contributed by atoms with E-state index in [1.54, 1.807) is 0 Å². The molecule has 0 radical (unpaired) electrons. The molecule has 10 rings (SSSR count). The highest BCUT2D eigenvalue weighted by Crippen LogP contribution is 2.60. The average Bonchev–Trinajstić information content (AvgIpc) is 2.89. The first-order valence-corrected chi connectivity index (χ1v) is 17.2. The van der Waals surface area contributed by atoms with E-state index in [2.05, 4.69) is 11.5 Å². The molecule has 228 valence electrons. The molecule has 6 heteroatoms. The minimum Gasteiger partial charge on any atom is -0.550 e. The highest BCUT2D eigenvalue weighted by molar-refractivity contribution is 5.73. The summed E-state index contributed by atoms with van der Waals surface area (Å²) in [6.07, 6.45) is 27.4. The van der Waals surface area contributed by atoms with Crippen molar-refractivity contribution in [2.45, 2.75) is 153 Å². The predicted octanol–water partition coefficient (Wildman–Crippen LogP) is 3.03. The number of hydrogen-bond donors (Lipinski definition) is 2. The Balaban J connectivity index is 0.000000113. The predicted molar refractivity (Wildman–Crippen MR) is 151 cm³/mol. The summed E-state index contributed by atoms with van der Waals surface area (Å²) in [6.45, 7) is 0. The zero-order chi connectivity index (χ0) is 28.3. The van der Waals surface area contributed by atoms with Gasteiger partial charge in [-0.25, -0.2) is 0 Å². The highest BCUT2D eigenvalue weighted by atomic mass is 16.4. The molecule has 0 aromatic carbocycles. The molecular weight excluding hydrogens is 500 g/mol. The van der Waals surface area contributed by atoms with Crippen molar-refractivity contribution >= 4 is 11.9 Å². The summed E-state index contributed by atoms with van der Waals surface area (Å²) in [4.78, 5) is 22.3. The van der Waals surface area contributed by atoms with Crippen molar-refractivity contribution in [2.75, 3.05) is 0 Å². The van der Waals surface area contributed by atoms with E-state index in [4.69, 9.17) is 0 Å². The van der Waals surface area contributed by atoms with Gasteiger partial charge in [-0.05, 0) is 164 Å². The molecule has 0 saturated heterocycles. The van der Waals surface area contributed by atoms with E-state index >= 15 is 0 Å². The van der Waals surface area contributed by atoms with Gasteiger partial charge in [0.05, 0.1) is 12.1 Å². The van der Waals surface area contributed by atoms with Crippen molar-refractivity contribution in [2.24, 2.45) is 46.3 Å². The van der Waals surface area contributed by atoms with E-state index in [1.807, 2.05) is 0 Å².